The fourth-order valence-electron chi connectivity index (χ4n) is 1.13. The first-order valence-electron chi connectivity index (χ1n) is 4.65. The summed E-state index contributed by atoms with van der Waals surface area (Å²) in [6.07, 6.45) is 3.85. The van der Waals surface area contributed by atoms with Crippen molar-refractivity contribution < 1.29 is 9.53 Å². The zero-order chi connectivity index (χ0) is 9.97. The fourth-order valence-corrected chi connectivity index (χ4v) is 1.13. The average Bonchev–Trinajstić information content (AvgIpc) is 2.98. The van der Waals surface area contributed by atoms with Crippen molar-refractivity contribution in [1.29, 1.82) is 0 Å². The maximum Gasteiger partial charge on any atom is 0.359 e. The van der Waals surface area contributed by atoms with Gasteiger partial charge in [0.05, 0.1) is 12.3 Å². The van der Waals surface area contributed by atoms with Gasteiger partial charge in [0.1, 0.15) is 0 Å². The second kappa shape index (κ2) is 3.65. The number of carbonyl (C=O) groups is 1. The van der Waals surface area contributed by atoms with Crippen molar-refractivity contribution in [3.8, 4) is 0 Å². The highest BCUT2D eigenvalue weighted by Crippen LogP contribution is 2.29. The maximum absolute atomic E-state index is 11.4. The van der Waals surface area contributed by atoms with E-state index in [1.54, 1.807) is 12.1 Å². The standard InChI is InChI=1S/C10H12N2O2/c11-8-2-1-5-12-9(8)10(13)14-6-7-3-4-7/h1-2,5,7H,3-4,6,11H2. The van der Waals surface area contributed by atoms with E-state index in [2.05, 4.69) is 4.98 Å². The van der Waals surface area contributed by atoms with E-state index in [4.69, 9.17) is 10.5 Å². The molecule has 0 saturated heterocycles. The number of anilines is 1. The minimum absolute atomic E-state index is 0.216. The lowest BCUT2D eigenvalue weighted by Crippen LogP contribution is -2.11. The molecule has 1 aromatic rings. The largest absolute Gasteiger partial charge is 0.461 e. The van der Waals surface area contributed by atoms with E-state index in [0.29, 0.717) is 18.2 Å². The zero-order valence-corrected chi connectivity index (χ0v) is 7.77. The van der Waals surface area contributed by atoms with Crippen LogP contribution in [0.25, 0.3) is 0 Å². The quantitative estimate of drug-likeness (QED) is 0.731. The number of esters is 1. The highest BCUT2D eigenvalue weighted by Gasteiger charge is 2.24. The van der Waals surface area contributed by atoms with Crippen molar-refractivity contribution in [3.05, 3.63) is 24.0 Å². The first-order chi connectivity index (χ1) is 6.77. The molecule has 0 unspecified atom stereocenters. The number of hydrogen-bond donors (Lipinski definition) is 1. The number of hydrogen-bond acceptors (Lipinski definition) is 4. The van der Waals surface area contributed by atoms with Gasteiger partial charge in [0, 0.05) is 6.20 Å². The smallest absolute Gasteiger partial charge is 0.359 e. The number of rotatable bonds is 3. The molecule has 14 heavy (non-hydrogen) atoms. The molecular formula is C10H12N2O2. The number of carbonyl (C=O) groups excluding carboxylic acids is 1. The molecule has 0 spiro atoms. The van der Waals surface area contributed by atoms with Gasteiger partial charge >= 0.3 is 5.97 Å². The van der Waals surface area contributed by atoms with Crippen molar-refractivity contribution in [2.45, 2.75) is 12.8 Å². The van der Waals surface area contributed by atoms with Crippen molar-refractivity contribution >= 4 is 11.7 Å². The second-order valence-electron chi connectivity index (χ2n) is 3.48. The lowest BCUT2D eigenvalue weighted by atomic mass is 10.3. The minimum Gasteiger partial charge on any atom is -0.461 e. The van der Waals surface area contributed by atoms with E-state index in [-0.39, 0.29) is 5.69 Å². The van der Waals surface area contributed by atoms with Gasteiger partial charge in [0.15, 0.2) is 5.69 Å². The van der Waals surface area contributed by atoms with Crippen molar-refractivity contribution in [1.82, 2.24) is 4.98 Å². The molecule has 2 rings (SSSR count). The molecule has 4 nitrogen and oxygen atoms in total. The first-order valence-corrected chi connectivity index (χ1v) is 4.65. The van der Waals surface area contributed by atoms with E-state index in [0.717, 1.165) is 12.8 Å². The second-order valence-corrected chi connectivity index (χ2v) is 3.48. The van der Waals surface area contributed by atoms with E-state index in [9.17, 15) is 4.79 Å². The molecular weight excluding hydrogens is 180 g/mol. The van der Waals surface area contributed by atoms with Crippen LogP contribution in [0.5, 0.6) is 0 Å². The summed E-state index contributed by atoms with van der Waals surface area (Å²) >= 11 is 0. The van der Waals surface area contributed by atoms with E-state index in [1.807, 2.05) is 0 Å². The molecule has 0 atom stereocenters. The third-order valence-corrected chi connectivity index (χ3v) is 2.18. The number of nitrogens with two attached hydrogens (primary N) is 1. The Morgan fingerprint density at radius 1 is 1.64 bits per heavy atom. The van der Waals surface area contributed by atoms with Gasteiger partial charge < -0.3 is 10.5 Å². The Labute approximate surface area is 82.1 Å². The van der Waals surface area contributed by atoms with Crippen molar-refractivity contribution in [3.63, 3.8) is 0 Å². The molecule has 1 heterocycles. The predicted octanol–water partition coefficient (Wildman–Crippen LogP) is 1.23. The van der Waals surface area contributed by atoms with Gasteiger partial charge in [-0.1, -0.05) is 0 Å². The third kappa shape index (κ3) is 2.02. The van der Waals surface area contributed by atoms with Crippen molar-refractivity contribution in [2.24, 2.45) is 5.92 Å². The summed E-state index contributed by atoms with van der Waals surface area (Å²) in [7, 11) is 0. The monoisotopic (exact) mass is 192 g/mol. The van der Waals surface area contributed by atoms with Crippen LogP contribution < -0.4 is 5.73 Å². The molecule has 74 valence electrons. The van der Waals surface area contributed by atoms with Crippen LogP contribution in [0.3, 0.4) is 0 Å². The summed E-state index contributed by atoms with van der Waals surface area (Å²) in [6.45, 7) is 0.495. The molecule has 2 N–H and O–H groups in total. The molecule has 0 amide bonds. The molecule has 1 fully saturated rings. The van der Waals surface area contributed by atoms with E-state index >= 15 is 0 Å². The molecule has 0 aliphatic heterocycles. The molecule has 1 saturated carbocycles. The van der Waals surface area contributed by atoms with Crippen LogP contribution in [0.2, 0.25) is 0 Å². The highest BCUT2D eigenvalue weighted by molar-refractivity contribution is 5.92. The summed E-state index contributed by atoms with van der Waals surface area (Å²) in [5.41, 5.74) is 6.16. The summed E-state index contributed by atoms with van der Waals surface area (Å²) in [6, 6.07) is 3.33. The Balaban J connectivity index is 1.98. The van der Waals surface area contributed by atoms with Crippen LogP contribution in [-0.2, 0) is 4.74 Å². The Kier molecular flexibility index (Phi) is 2.35. The van der Waals surface area contributed by atoms with Gasteiger partial charge in [-0.2, -0.15) is 0 Å². The predicted molar refractivity (Wildman–Crippen MR) is 51.7 cm³/mol. The molecule has 1 aliphatic carbocycles. The van der Waals surface area contributed by atoms with Gasteiger partial charge in [-0.3, -0.25) is 0 Å². The van der Waals surface area contributed by atoms with Crippen LogP contribution in [0, 0.1) is 5.92 Å². The lowest BCUT2D eigenvalue weighted by Gasteiger charge is -2.04. The number of pyridine rings is 1. The average molecular weight is 192 g/mol. The highest BCUT2D eigenvalue weighted by atomic mass is 16.5. The number of nitrogen functional groups attached to an aromatic ring is 1. The summed E-state index contributed by atoms with van der Waals surface area (Å²) < 4.78 is 5.05. The summed E-state index contributed by atoms with van der Waals surface area (Å²) in [5.74, 6) is 0.138. The van der Waals surface area contributed by atoms with Crippen LogP contribution in [0.1, 0.15) is 23.3 Å². The minimum atomic E-state index is -0.421. The van der Waals surface area contributed by atoms with Gasteiger partial charge in [-0.05, 0) is 30.9 Å². The Bertz CT molecular complexity index is 348. The number of ether oxygens (including phenoxy) is 1. The normalized spacial score (nSPS) is 15.1. The van der Waals surface area contributed by atoms with Gasteiger partial charge in [0.2, 0.25) is 0 Å². The van der Waals surface area contributed by atoms with Crippen LogP contribution in [-0.4, -0.2) is 17.6 Å². The Morgan fingerprint density at radius 3 is 3.07 bits per heavy atom. The van der Waals surface area contributed by atoms with Crippen LogP contribution >= 0.6 is 0 Å². The Morgan fingerprint density at radius 2 is 2.43 bits per heavy atom. The summed E-state index contributed by atoms with van der Waals surface area (Å²) in [4.78, 5) is 15.3. The lowest BCUT2D eigenvalue weighted by molar-refractivity contribution is 0.0480. The molecule has 1 aromatic heterocycles. The fraction of sp³-hybridized carbons (Fsp3) is 0.400. The molecule has 1 aliphatic rings. The van der Waals surface area contributed by atoms with Gasteiger partial charge in [0.25, 0.3) is 0 Å². The molecule has 0 aromatic carbocycles. The van der Waals surface area contributed by atoms with Crippen molar-refractivity contribution in [2.75, 3.05) is 12.3 Å². The van der Waals surface area contributed by atoms with E-state index < -0.39 is 5.97 Å². The molecule has 0 bridgehead atoms. The van der Waals surface area contributed by atoms with Crippen LogP contribution in [0.4, 0.5) is 5.69 Å². The number of aromatic nitrogens is 1. The Hall–Kier alpha value is -1.58. The van der Waals surface area contributed by atoms with Crippen LogP contribution in [0.15, 0.2) is 18.3 Å². The molecule has 0 radical (unpaired) electrons. The SMILES string of the molecule is Nc1cccnc1C(=O)OCC1CC1. The first kappa shape index (κ1) is 8.99. The topological polar surface area (TPSA) is 65.2 Å². The van der Waals surface area contributed by atoms with E-state index in [1.165, 1.54) is 6.20 Å². The van der Waals surface area contributed by atoms with Gasteiger partial charge in [-0.15, -0.1) is 0 Å². The summed E-state index contributed by atoms with van der Waals surface area (Å²) in [5, 5.41) is 0. The third-order valence-electron chi connectivity index (χ3n) is 2.18. The van der Waals surface area contributed by atoms with Gasteiger partial charge in [-0.25, -0.2) is 9.78 Å². The molecule has 4 heteroatoms. The number of nitrogens with zero attached hydrogens (tertiary/aromatic N) is 1. The maximum atomic E-state index is 11.4. The zero-order valence-electron chi connectivity index (χ0n) is 7.77.